The fourth-order valence-corrected chi connectivity index (χ4v) is 3.95. The molecule has 2 aromatic carbocycles. The number of methoxy groups -OCH3 is 1. The highest BCUT2D eigenvalue weighted by Gasteiger charge is 2.41. The molecule has 0 bridgehead atoms. The van der Waals surface area contributed by atoms with Crippen LogP contribution in [-0.2, 0) is 4.79 Å². The van der Waals surface area contributed by atoms with Gasteiger partial charge >= 0.3 is 0 Å². The van der Waals surface area contributed by atoms with E-state index in [2.05, 4.69) is 19.2 Å². The van der Waals surface area contributed by atoms with Crippen molar-refractivity contribution in [2.45, 2.75) is 19.8 Å². The van der Waals surface area contributed by atoms with Crippen molar-refractivity contribution < 1.29 is 14.3 Å². The smallest absolute Gasteiger partial charge is 0.253 e. The summed E-state index contributed by atoms with van der Waals surface area (Å²) in [5.41, 5.74) is 1.47. The first-order chi connectivity index (χ1) is 13.9. The molecule has 2 aromatic rings. The lowest BCUT2D eigenvalue weighted by Gasteiger charge is -2.20. The van der Waals surface area contributed by atoms with Crippen LogP contribution < -0.4 is 10.1 Å². The van der Waals surface area contributed by atoms with Crippen LogP contribution in [0.25, 0.3) is 0 Å². The molecule has 1 saturated heterocycles. The maximum Gasteiger partial charge on any atom is 0.253 e. The van der Waals surface area contributed by atoms with E-state index in [1.807, 2.05) is 24.3 Å². The molecule has 6 heteroatoms. The number of benzene rings is 2. The predicted molar refractivity (Wildman–Crippen MR) is 114 cm³/mol. The van der Waals surface area contributed by atoms with Gasteiger partial charge in [0.25, 0.3) is 5.91 Å². The van der Waals surface area contributed by atoms with Crippen LogP contribution >= 0.6 is 11.6 Å². The number of nitrogens with zero attached hydrogens (tertiary/aromatic N) is 1. The number of para-hydroxylation sites is 1. The van der Waals surface area contributed by atoms with Crippen molar-refractivity contribution in [3.63, 3.8) is 0 Å². The first-order valence-corrected chi connectivity index (χ1v) is 10.2. The molecule has 0 aromatic heterocycles. The van der Waals surface area contributed by atoms with Crippen molar-refractivity contribution in [3.8, 4) is 5.75 Å². The number of hydrogen-bond donors (Lipinski definition) is 1. The van der Waals surface area contributed by atoms with Crippen LogP contribution in [0, 0.1) is 11.8 Å². The Kier molecular flexibility index (Phi) is 6.80. The summed E-state index contributed by atoms with van der Waals surface area (Å²) >= 11 is 6.06. The SMILES string of the molecule is COc1ccccc1C1CN(C(=O)c2cccc(Cl)c2)CC1C(=O)NCC(C)C. The van der Waals surface area contributed by atoms with E-state index in [1.165, 1.54) is 0 Å². The van der Waals surface area contributed by atoms with Gasteiger partial charge in [0, 0.05) is 36.1 Å². The predicted octanol–water partition coefficient (Wildman–Crippen LogP) is 3.98. The molecule has 0 radical (unpaired) electrons. The maximum atomic E-state index is 13.1. The second-order valence-electron chi connectivity index (χ2n) is 7.81. The fourth-order valence-electron chi connectivity index (χ4n) is 3.76. The number of nitrogens with one attached hydrogen (secondary N) is 1. The normalized spacial score (nSPS) is 18.7. The molecule has 1 aliphatic rings. The van der Waals surface area contributed by atoms with Gasteiger partial charge in [0.1, 0.15) is 5.75 Å². The van der Waals surface area contributed by atoms with Crippen LogP contribution in [0.15, 0.2) is 48.5 Å². The van der Waals surface area contributed by atoms with Crippen molar-refractivity contribution in [1.29, 1.82) is 0 Å². The van der Waals surface area contributed by atoms with Crippen LogP contribution in [0.2, 0.25) is 5.02 Å². The zero-order valence-electron chi connectivity index (χ0n) is 17.0. The highest BCUT2D eigenvalue weighted by atomic mass is 35.5. The average Bonchev–Trinajstić information content (AvgIpc) is 3.16. The van der Waals surface area contributed by atoms with Gasteiger partial charge in [-0.25, -0.2) is 0 Å². The molecule has 5 nitrogen and oxygen atoms in total. The van der Waals surface area contributed by atoms with Crippen LogP contribution in [0.1, 0.15) is 35.7 Å². The zero-order chi connectivity index (χ0) is 21.0. The summed E-state index contributed by atoms with van der Waals surface area (Å²) in [5.74, 6) is 0.461. The molecular weight excluding hydrogens is 388 g/mol. The van der Waals surface area contributed by atoms with Crippen molar-refractivity contribution in [2.24, 2.45) is 11.8 Å². The van der Waals surface area contributed by atoms with Crippen molar-refractivity contribution in [1.82, 2.24) is 10.2 Å². The molecule has 1 fully saturated rings. The Morgan fingerprint density at radius 1 is 1.17 bits per heavy atom. The number of carbonyl (C=O) groups excluding carboxylic acids is 2. The van der Waals surface area contributed by atoms with Crippen molar-refractivity contribution in [3.05, 3.63) is 64.7 Å². The monoisotopic (exact) mass is 414 g/mol. The highest BCUT2D eigenvalue weighted by molar-refractivity contribution is 6.30. The third-order valence-electron chi connectivity index (χ3n) is 5.24. The van der Waals surface area contributed by atoms with Gasteiger partial charge < -0.3 is 15.0 Å². The Labute approximate surface area is 177 Å². The number of halogens is 1. The maximum absolute atomic E-state index is 13.1. The molecule has 0 aliphatic carbocycles. The van der Waals surface area contributed by atoms with E-state index in [0.29, 0.717) is 36.1 Å². The topological polar surface area (TPSA) is 58.6 Å². The number of carbonyl (C=O) groups is 2. The molecule has 0 spiro atoms. The molecule has 29 heavy (non-hydrogen) atoms. The third kappa shape index (κ3) is 4.91. The summed E-state index contributed by atoms with van der Waals surface area (Å²) in [4.78, 5) is 27.8. The van der Waals surface area contributed by atoms with Crippen LogP contribution in [0.4, 0.5) is 0 Å². The van der Waals surface area contributed by atoms with Gasteiger partial charge in [0.2, 0.25) is 5.91 Å². The van der Waals surface area contributed by atoms with Gasteiger partial charge in [-0.05, 0) is 35.7 Å². The highest BCUT2D eigenvalue weighted by Crippen LogP contribution is 2.38. The molecule has 1 heterocycles. The van der Waals surface area contributed by atoms with Gasteiger partial charge in [0.05, 0.1) is 13.0 Å². The molecular formula is C23H27ClN2O3. The summed E-state index contributed by atoms with van der Waals surface area (Å²) in [6.45, 7) is 5.53. The zero-order valence-corrected chi connectivity index (χ0v) is 17.8. The molecule has 2 unspecified atom stereocenters. The number of ether oxygens (including phenoxy) is 1. The summed E-state index contributed by atoms with van der Waals surface area (Å²) in [6.07, 6.45) is 0. The third-order valence-corrected chi connectivity index (χ3v) is 5.47. The molecule has 2 atom stereocenters. The Hall–Kier alpha value is -2.53. The lowest BCUT2D eigenvalue weighted by molar-refractivity contribution is -0.125. The molecule has 154 valence electrons. The van der Waals surface area contributed by atoms with Gasteiger partial charge in [-0.15, -0.1) is 0 Å². The van der Waals surface area contributed by atoms with Gasteiger partial charge in [-0.2, -0.15) is 0 Å². The molecule has 1 aliphatic heterocycles. The first-order valence-electron chi connectivity index (χ1n) is 9.86. The Morgan fingerprint density at radius 2 is 1.93 bits per heavy atom. The lowest BCUT2D eigenvalue weighted by atomic mass is 9.87. The quantitative estimate of drug-likeness (QED) is 0.777. The van der Waals surface area contributed by atoms with Crippen LogP contribution in [0.5, 0.6) is 5.75 Å². The summed E-state index contributed by atoms with van der Waals surface area (Å²) in [5, 5.41) is 3.55. The number of likely N-dealkylation sites (tertiary alicyclic amines) is 1. The number of hydrogen-bond acceptors (Lipinski definition) is 3. The van der Waals surface area contributed by atoms with E-state index in [-0.39, 0.29) is 23.7 Å². The van der Waals surface area contributed by atoms with Crippen molar-refractivity contribution >= 4 is 23.4 Å². The Bertz CT molecular complexity index is 884. The van der Waals surface area contributed by atoms with E-state index in [4.69, 9.17) is 16.3 Å². The van der Waals surface area contributed by atoms with Gasteiger partial charge in [-0.1, -0.05) is 49.7 Å². The van der Waals surface area contributed by atoms with E-state index in [0.717, 1.165) is 11.3 Å². The number of amides is 2. The van der Waals surface area contributed by atoms with Crippen molar-refractivity contribution in [2.75, 3.05) is 26.7 Å². The second-order valence-corrected chi connectivity index (χ2v) is 8.25. The average molecular weight is 415 g/mol. The molecule has 2 amide bonds. The minimum atomic E-state index is -0.340. The summed E-state index contributed by atoms with van der Waals surface area (Å²) < 4.78 is 5.53. The van der Waals surface area contributed by atoms with E-state index >= 15 is 0 Å². The molecule has 1 N–H and O–H groups in total. The lowest BCUT2D eigenvalue weighted by Crippen LogP contribution is -2.37. The number of rotatable bonds is 6. The largest absolute Gasteiger partial charge is 0.496 e. The minimum absolute atomic E-state index is 0.0315. The first kappa shape index (κ1) is 21.2. The van der Waals surface area contributed by atoms with E-state index in [1.54, 1.807) is 36.3 Å². The minimum Gasteiger partial charge on any atom is -0.496 e. The van der Waals surface area contributed by atoms with E-state index in [9.17, 15) is 9.59 Å². The molecule has 3 rings (SSSR count). The summed E-state index contributed by atoms with van der Waals surface area (Å²) in [7, 11) is 1.62. The van der Waals surface area contributed by atoms with Crippen LogP contribution in [0.3, 0.4) is 0 Å². The van der Waals surface area contributed by atoms with E-state index < -0.39 is 0 Å². The van der Waals surface area contributed by atoms with Crippen LogP contribution in [-0.4, -0.2) is 43.5 Å². The Morgan fingerprint density at radius 3 is 2.62 bits per heavy atom. The second kappa shape index (κ2) is 9.31. The fraction of sp³-hybridized carbons (Fsp3) is 0.391. The van der Waals surface area contributed by atoms with Gasteiger partial charge in [0.15, 0.2) is 0 Å². The Balaban J connectivity index is 1.89. The standard InChI is InChI=1S/C23H27ClN2O3/c1-15(2)12-25-22(27)20-14-26(23(28)16-7-6-8-17(24)11-16)13-19(20)18-9-4-5-10-21(18)29-3/h4-11,15,19-20H,12-14H2,1-3H3,(H,25,27). The molecule has 0 saturated carbocycles. The van der Waals surface area contributed by atoms with Gasteiger partial charge in [-0.3, -0.25) is 9.59 Å². The summed E-state index contributed by atoms with van der Waals surface area (Å²) in [6, 6.07) is 14.6.